The lowest BCUT2D eigenvalue weighted by atomic mass is 10.1. The minimum Gasteiger partial charge on any atom is -0.467 e. The first-order valence-corrected chi connectivity index (χ1v) is 8.02. The van der Waals surface area contributed by atoms with Gasteiger partial charge in [-0.05, 0) is 26.7 Å². The molecule has 1 fully saturated rings. The van der Waals surface area contributed by atoms with Gasteiger partial charge < -0.3 is 15.0 Å². The Bertz CT molecular complexity index is 775. The molecular weight excluding hydrogens is 308 g/mol. The molecular formula is C16H22N6O2. The van der Waals surface area contributed by atoms with Crippen LogP contribution in [0.5, 0.6) is 6.01 Å². The zero-order valence-electron chi connectivity index (χ0n) is 14.2. The fourth-order valence-corrected chi connectivity index (χ4v) is 2.92. The number of aromatic nitrogens is 4. The van der Waals surface area contributed by atoms with Gasteiger partial charge >= 0.3 is 6.01 Å². The van der Waals surface area contributed by atoms with Gasteiger partial charge in [-0.1, -0.05) is 0 Å². The summed E-state index contributed by atoms with van der Waals surface area (Å²) in [7, 11) is 1.56. The molecule has 24 heavy (non-hydrogen) atoms. The summed E-state index contributed by atoms with van der Waals surface area (Å²) in [4.78, 5) is 29.5. The lowest BCUT2D eigenvalue weighted by molar-refractivity contribution is 0.379. The van der Waals surface area contributed by atoms with Crippen LogP contribution in [0.25, 0.3) is 0 Å². The zero-order chi connectivity index (χ0) is 17.1. The van der Waals surface area contributed by atoms with Crippen LogP contribution in [0.2, 0.25) is 0 Å². The number of methoxy groups -OCH3 is 1. The Morgan fingerprint density at radius 2 is 2.04 bits per heavy atom. The molecule has 1 unspecified atom stereocenters. The van der Waals surface area contributed by atoms with E-state index in [-0.39, 0.29) is 11.6 Å². The third-order valence-corrected chi connectivity index (χ3v) is 3.95. The highest BCUT2D eigenvalue weighted by Gasteiger charge is 2.22. The summed E-state index contributed by atoms with van der Waals surface area (Å²) in [5, 5.41) is 3.43. The van der Waals surface area contributed by atoms with Gasteiger partial charge in [-0.2, -0.15) is 4.98 Å². The van der Waals surface area contributed by atoms with Crippen molar-refractivity contribution in [3.05, 3.63) is 33.9 Å². The molecule has 0 aliphatic carbocycles. The Balaban J connectivity index is 1.74. The average molecular weight is 330 g/mol. The Morgan fingerprint density at radius 3 is 2.79 bits per heavy atom. The molecule has 3 heterocycles. The van der Waals surface area contributed by atoms with Gasteiger partial charge in [0, 0.05) is 42.7 Å². The predicted octanol–water partition coefficient (Wildman–Crippen LogP) is 1.27. The second kappa shape index (κ2) is 6.86. The number of ether oxygens (including phenoxy) is 1. The van der Waals surface area contributed by atoms with E-state index in [1.54, 1.807) is 7.11 Å². The Labute approximate surface area is 140 Å². The third-order valence-electron chi connectivity index (χ3n) is 3.95. The number of rotatable bonds is 4. The smallest absolute Gasteiger partial charge is 0.318 e. The van der Waals surface area contributed by atoms with Crippen molar-refractivity contribution in [3.63, 3.8) is 0 Å². The normalized spacial score (nSPS) is 17.6. The van der Waals surface area contributed by atoms with Gasteiger partial charge in [0.25, 0.3) is 5.56 Å². The maximum atomic E-state index is 11.7. The van der Waals surface area contributed by atoms with Crippen molar-refractivity contribution in [2.45, 2.75) is 32.7 Å². The predicted molar refractivity (Wildman–Crippen MR) is 91.8 cm³/mol. The van der Waals surface area contributed by atoms with Gasteiger partial charge in [-0.3, -0.25) is 9.78 Å². The highest BCUT2D eigenvalue weighted by Crippen LogP contribution is 2.19. The maximum Gasteiger partial charge on any atom is 0.318 e. The quantitative estimate of drug-likeness (QED) is 0.871. The number of nitrogens with zero attached hydrogens (tertiary/aromatic N) is 4. The zero-order valence-corrected chi connectivity index (χ0v) is 14.2. The maximum absolute atomic E-state index is 11.7. The van der Waals surface area contributed by atoms with Gasteiger partial charge in [0.1, 0.15) is 5.82 Å². The first kappa shape index (κ1) is 16.2. The number of hydrogen-bond donors (Lipinski definition) is 2. The molecule has 3 rings (SSSR count). The molecule has 0 bridgehead atoms. The van der Waals surface area contributed by atoms with Gasteiger partial charge in [0.2, 0.25) is 5.95 Å². The first-order chi connectivity index (χ1) is 11.5. The molecule has 0 radical (unpaired) electrons. The van der Waals surface area contributed by atoms with Crippen LogP contribution in [-0.4, -0.2) is 46.2 Å². The SMILES string of the molecule is COc1nc(C)cc(NC2CCCN(c3nc(C)cc(=O)[nH]3)C2)n1. The summed E-state index contributed by atoms with van der Waals surface area (Å²) in [5.41, 5.74) is 1.45. The van der Waals surface area contributed by atoms with Crippen molar-refractivity contribution in [2.75, 3.05) is 30.4 Å². The van der Waals surface area contributed by atoms with E-state index in [0.717, 1.165) is 43.1 Å². The number of H-pyrrole nitrogens is 1. The van der Waals surface area contributed by atoms with E-state index in [2.05, 4.69) is 30.2 Å². The van der Waals surface area contributed by atoms with Crippen LogP contribution in [0.4, 0.5) is 11.8 Å². The van der Waals surface area contributed by atoms with E-state index in [9.17, 15) is 4.79 Å². The summed E-state index contributed by atoms with van der Waals surface area (Å²) in [5.74, 6) is 1.37. The summed E-state index contributed by atoms with van der Waals surface area (Å²) in [6.07, 6.45) is 2.04. The number of aryl methyl sites for hydroxylation is 2. The number of nitrogens with one attached hydrogen (secondary N) is 2. The molecule has 1 aliphatic heterocycles. The minimum absolute atomic E-state index is 0.122. The fraction of sp³-hybridized carbons (Fsp3) is 0.500. The van der Waals surface area contributed by atoms with Crippen molar-refractivity contribution in [1.29, 1.82) is 0 Å². The fourth-order valence-electron chi connectivity index (χ4n) is 2.92. The number of hydrogen-bond acceptors (Lipinski definition) is 7. The second-order valence-electron chi connectivity index (χ2n) is 6.02. The molecule has 0 saturated carbocycles. The molecule has 1 atom stereocenters. The van der Waals surface area contributed by atoms with Crippen LogP contribution in [0.15, 0.2) is 16.9 Å². The van der Waals surface area contributed by atoms with Gasteiger partial charge in [-0.25, -0.2) is 9.97 Å². The summed E-state index contributed by atoms with van der Waals surface area (Å²) in [6, 6.07) is 3.96. The largest absolute Gasteiger partial charge is 0.467 e. The van der Waals surface area contributed by atoms with Gasteiger partial charge in [0.05, 0.1) is 7.11 Å². The van der Waals surface area contributed by atoms with Crippen molar-refractivity contribution in [1.82, 2.24) is 19.9 Å². The summed E-state index contributed by atoms with van der Waals surface area (Å²) < 4.78 is 5.12. The highest BCUT2D eigenvalue weighted by molar-refractivity contribution is 5.40. The second-order valence-corrected chi connectivity index (χ2v) is 6.02. The van der Waals surface area contributed by atoms with Gasteiger partial charge in [0.15, 0.2) is 0 Å². The molecule has 1 saturated heterocycles. The molecule has 0 spiro atoms. The topological polar surface area (TPSA) is 96.0 Å². The summed E-state index contributed by atoms with van der Waals surface area (Å²) >= 11 is 0. The molecule has 128 valence electrons. The van der Waals surface area contributed by atoms with E-state index in [1.165, 1.54) is 6.07 Å². The number of piperidine rings is 1. The number of aromatic amines is 1. The molecule has 8 heteroatoms. The number of anilines is 2. The molecule has 0 aromatic carbocycles. The minimum atomic E-state index is -0.122. The standard InChI is InChI=1S/C16H22N6O2/c1-10-7-13(20-16(18-10)24-3)19-12-5-4-6-22(9-12)15-17-11(2)8-14(23)21-15/h7-8,12H,4-6,9H2,1-3H3,(H,17,21,23)(H,18,19,20). The van der Waals surface area contributed by atoms with Gasteiger partial charge in [-0.15, -0.1) is 0 Å². The molecule has 2 aromatic heterocycles. The van der Waals surface area contributed by atoms with Crippen molar-refractivity contribution < 1.29 is 4.74 Å². The van der Waals surface area contributed by atoms with Crippen LogP contribution in [0.3, 0.4) is 0 Å². The third kappa shape index (κ3) is 3.81. The average Bonchev–Trinajstić information content (AvgIpc) is 2.53. The monoisotopic (exact) mass is 330 g/mol. The van der Waals surface area contributed by atoms with Crippen LogP contribution in [-0.2, 0) is 0 Å². The van der Waals surface area contributed by atoms with E-state index in [4.69, 9.17) is 4.74 Å². The Hall–Kier alpha value is -2.64. The Morgan fingerprint density at radius 1 is 1.25 bits per heavy atom. The molecule has 1 aliphatic rings. The van der Waals surface area contributed by atoms with Crippen molar-refractivity contribution in [3.8, 4) is 6.01 Å². The molecule has 2 N–H and O–H groups in total. The van der Waals surface area contributed by atoms with E-state index in [0.29, 0.717) is 12.0 Å². The van der Waals surface area contributed by atoms with Crippen LogP contribution in [0.1, 0.15) is 24.2 Å². The summed E-state index contributed by atoms with van der Waals surface area (Å²) in [6.45, 7) is 5.35. The Kier molecular flexibility index (Phi) is 4.64. The van der Waals surface area contributed by atoms with Crippen LogP contribution < -0.4 is 20.5 Å². The van der Waals surface area contributed by atoms with E-state index in [1.807, 2.05) is 19.9 Å². The first-order valence-electron chi connectivity index (χ1n) is 8.02. The molecule has 8 nitrogen and oxygen atoms in total. The lowest BCUT2D eigenvalue weighted by Gasteiger charge is -2.33. The van der Waals surface area contributed by atoms with E-state index < -0.39 is 0 Å². The van der Waals surface area contributed by atoms with Crippen molar-refractivity contribution >= 4 is 11.8 Å². The van der Waals surface area contributed by atoms with Crippen LogP contribution in [0, 0.1) is 13.8 Å². The van der Waals surface area contributed by atoms with Crippen molar-refractivity contribution in [2.24, 2.45) is 0 Å². The lowest BCUT2D eigenvalue weighted by Crippen LogP contribution is -2.43. The molecule has 0 amide bonds. The molecule has 2 aromatic rings. The highest BCUT2D eigenvalue weighted by atomic mass is 16.5. The van der Waals surface area contributed by atoms with E-state index >= 15 is 0 Å². The van der Waals surface area contributed by atoms with Crippen LogP contribution >= 0.6 is 0 Å².